The third kappa shape index (κ3) is 4.03. The summed E-state index contributed by atoms with van der Waals surface area (Å²) in [4.78, 5) is 4.02. The van der Waals surface area contributed by atoms with Gasteiger partial charge in [-0.3, -0.25) is 0 Å². The predicted octanol–water partition coefficient (Wildman–Crippen LogP) is 1.60. The quantitative estimate of drug-likeness (QED) is 0.371. The molecule has 94 valence electrons. The predicted molar refractivity (Wildman–Crippen MR) is 78.3 cm³/mol. The summed E-state index contributed by atoms with van der Waals surface area (Å²) in [5.41, 5.74) is 2.20. The summed E-state index contributed by atoms with van der Waals surface area (Å²) in [5.74, 6) is 2.48. The Bertz CT molecular complexity index is 633. The van der Waals surface area contributed by atoms with Gasteiger partial charge in [0.05, 0.1) is 0 Å². The molecule has 0 aromatic carbocycles. The van der Waals surface area contributed by atoms with Crippen LogP contribution in [0, 0.1) is 12.3 Å². The molecular weight excluding hydrogens is 301 g/mol. The zero-order valence-electron chi connectivity index (χ0n) is 10.7. The topological polar surface area (TPSA) is 28.8 Å². The first-order valence-corrected chi connectivity index (χ1v) is 7.46. The summed E-state index contributed by atoms with van der Waals surface area (Å²) < 4.78 is 7.83. The minimum absolute atomic E-state index is 0.206. The van der Waals surface area contributed by atoms with Crippen molar-refractivity contribution in [3.05, 3.63) is 47.3 Å². The van der Waals surface area contributed by atoms with Crippen molar-refractivity contribution in [1.82, 2.24) is 8.96 Å². The number of terminal acetylenes is 1. The Morgan fingerprint density at radius 2 is 2.21 bits per heavy atom. The van der Waals surface area contributed by atoms with Crippen molar-refractivity contribution in [2.45, 2.75) is 6.42 Å². The Kier molecular flexibility index (Phi) is 4.85. The van der Waals surface area contributed by atoms with E-state index in [2.05, 4.69) is 27.0 Å². The first-order chi connectivity index (χ1) is 9.29. The summed E-state index contributed by atoms with van der Waals surface area (Å²) >= 11 is 0.206. The number of nitrogens with zero attached hydrogens (tertiary/aromatic N) is 3. The number of aromatic nitrogens is 2. The van der Waals surface area contributed by atoms with Crippen LogP contribution >= 0.6 is 0 Å². The zero-order chi connectivity index (χ0) is 13.5. The summed E-state index contributed by atoms with van der Waals surface area (Å²) in [6, 6.07) is 6.14. The van der Waals surface area contributed by atoms with Crippen LogP contribution in [0.5, 0.6) is 0 Å². The molecule has 0 fully saturated rings. The molecule has 0 saturated heterocycles. The Balaban J connectivity index is 2.03. The second kappa shape index (κ2) is 6.84. The Labute approximate surface area is 119 Å². The van der Waals surface area contributed by atoms with Crippen LogP contribution in [0.15, 0.2) is 42.9 Å². The summed E-state index contributed by atoms with van der Waals surface area (Å²) in [6.07, 6.45) is 15.5. The molecule has 2 aromatic heterocycles. The van der Waals surface area contributed by atoms with Crippen molar-refractivity contribution < 1.29 is 4.58 Å². The maximum absolute atomic E-state index is 5.19. The molecule has 0 aliphatic carbocycles. The Morgan fingerprint density at radius 3 is 2.95 bits per heavy atom. The van der Waals surface area contributed by atoms with Crippen LogP contribution in [-0.2, 0) is 6.42 Å². The van der Waals surface area contributed by atoms with Crippen molar-refractivity contribution in [3.8, 4) is 23.6 Å². The average Bonchev–Trinajstić information content (AvgIpc) is 2.89. The molecule has 0 aliphatic rings. The molecule has 3 nitrogen and oxygen atoms in total. The van der Waals surface area contributed by atoms with Gasteiger partial charge in [-0.05, 0) is 0 Å². The van der Waals surface area contributed by atoms with E-state index in [-0.39, 0.29) is 14.7 Å². The van der Waals surface area contributed by atoms with E-state index < -0.39 is 0 Å². The summed E-state index contributed by atoms with van der Waals surface area (Å²) in [5, 5.41) is 0. The molecule has 19 heavy (non-hydrogen) atoms. The van der Waals surface area contributed by atoms with Crippen LogP contribution in [0.3, 0.4) is 0 Å². The number of hydrogen-bond donors (Lipinski definition) is 0. The molecule has 2 rings (SSSR count). The number of rotatable bonds is 4. The van der Waals surface area contributed by atoms with Gasteiger partial charge in [-0.15, -0.1) is 0 Å². The molecule has 2 aromatic rings. The Morgan fingerprint density at radius 1 is 1.42 bits per heavy atom. The van der Waals surface area contributed by atoms with E-state index in [1.165, 1.54) is 4.44 Å². The SMILES string of the molecule is C#CC=[N+](C)/C=C\Cc1cc(-c2ccncc2)n[se]1. The fourth-order valence-electron chi connectivity index (χ4n) is 1.56. The molecule has 0 aliphatic heterocycles. The van der Waals surface area contributed by atoms with Crippen molar-refractivity contribution in [1.29, 1.82) is 0 Å². The second-order valence-corrected chi connectivity index (χ2v) is 5.83. The standard InChI is InChI=1S/C15H14N3Se/c1-3-10-18(2)11-4-5-14-12-15(17-19-14)13-6-8-16-9-7-13/h1,4,6-12H,5H2,2H3/q+1/b11-4-,18-10?. The van der Waals surface area contributed by atoms with Crippen molar-refractivity contribution in [2.24, 2.45) is 0 Å². The van der Waals surface area contributed by atoms with Crippen LogP contribution in [0.4, 0.5) is 0 Å². The van der Waals surface area contributed by atoms with E-state index >= 15 is 0 Å². The first kappa shape index (κ1) is 13.5. The van der Waals surface area contributed by atoms with Gasteiger partial charge >= 0.3 is 119 Å². The fourth-order valence-corrected chi connectivity index (χ4v) is 3.05. The molecule has 0 bridgehead atoms. The molecule has 0 amide bonds. The third-order valence-electron chi connectivity index (χ3n) is 2.47. The zero-order valence-corrected chi connectivity index (χ0v) is 12.4. The minimum atomic E-state index is 0.206. The molecule has 0 N–H and O–H groups in total. The van der Waals surface area contributed by atoms with Crippen LogP contribution in [0.1, 0.15) is 4.44 Å². The van der Waals surface area contributed by atoms with Gasteiger partial charge in [-0.2, -0.15) is 0 Å². The van der Waals surface area contributed by atoms with Gasteiger partial charge in [0.2, 0.25) is 0 Å². The van der Waals surface area contributed by atoms with Gasteiger partial charge in [0.25, 0.3) is 0 Å². The van der Waals surface area contributed by atoms with E-state index in [1.807, 2.05) is 30.0 Å². The van der Waals surface area contributed by atoms with E-state index in [0.29, 0.717) is 0 Å². The van der Waals surface area contributed by atoms with E-state index in [0.717, 1.165) is 17.7 Å². The van der Waals surface area contributed by atoms with Gasteiger partial charge in [-0.1, -0.05) is 0 Å². The molecule has 4 heteroatoms. The van der Waals surface area contributed by atoms with E-state index in [1.54, 1.807) is 18.6 Å². The van der Waals surface area contributed by atoms with Crippen LogP contribution in [0.25, 0.3) is 11.3 Å². The van der Waals surface area contributed by atoms with Crippen molar-refractivity contribution >= 4 is 20.9 Å². The molecule has 0 atom stereocenters. The summed E-state index contributed by atoms with van der Waals surface area (Å²) in [6.45, 7) is 0. The first-order valence-electron chi connectivity index (χ1n) is 5.83. The second-order valence-electron chi connectivity index (χ2n) is 3.96. The normalized spacial score (nSPS) is 11.7. The molecular formula is C15H14N3Se+. The van der Waals surface area contributed by atoms with E-state index in [4.69, 9.17) is 6.42 Å². The number of hydrogen-bond acceptors (Lipinski definition) is 2. The summed E-state index contributed by atoms with van der Waals surface area (Å²) in [7, 11) is 1.92. The Hall–Kier alpha value is -1.95. The maximum atomic E-state index is 5.19. The average molecular weight is 315 g/mol. The van der Waals surface area contributed by atoms with E-state index in [9.17, 15) is 0 Å². The van der Waals surface area contributed by atoms with Crippen LogP contribution < -0.4 is 0 Å². The fraction of sp³-hybridized carbons (Fsp3) is 0.133. The molecule has 2 heterocycles. The molecule has 0 unspecified atom stereocenters. The van der Waals surface area contributed by atoms with Gasteiger partial charge in [0, 0.05) is 0 Å². The van der Waals surface area contributed by atoms with Crippen LogP contribution in [0.2, 0.25) is 0 Å². The van der Waals surface area contributed by atoms with Gasteiger partial charge in [-0.25, -0.2) is 0 Å². The van der Waals surface area contributed by atoms with Crippen molar-refractivity contribution in [2.75, 3.05) is 7.05 Å². The molecule has 0 saturated carbocycles. The molecule has 0 spiro atoms. The molecule has 0 radical (unpaired) electrons. The monoisotopic (exact) mass is 316 g/mol. The number of allylic oxidation sites excluding steroid dienone is 1. The number of pyridine rings is 1. The van der Waals surface area contributed by atoms with Crippen LogP contribution in [-0.4, -0.2) is 41.5 Å². The van der Waals surface area contributed by atoms with Gasteiger partial charge in [0.1, 0.15) is 0 Å². The van der Waals surface area contributed by atoms with Gasteiger partial charge < -0.3 is 0 Å². The van der Waals surface area contributed by atoms with Gasteiger partial charge in [0.15, 0.2) is 0 Å². The third-order valence-corrected chi connectivity index (χ3v) is 4.17. The van der Waals surface area contributed by atoms with Crippen molar-refractivity contribution in [3.63, 3.8) is 0 Å².